The standard InChI is InChI=1S/C17H28ClN/c1-6-13(2)11-15(12-19-17(3,4)5)14-7-9-16(18)10-8-14/h7-10,13,15,19H,6,11-12H2,1-5H3. The van der Waals surface area contributed by atoms with Gasteiger partial charge in [0.05, 0.1) is 0 Å². The molecule has 0 saturated heterocycles. The Bertz CT molecular complexity index is 364. The maximum Gasteiger partial charge on any atom is 0.0406 e. The quantitative estimate of drug-likeness (QED) is 0.751. The van der Waals surface area contributed by atoms with Gasteiger partial charge in [0.2, 0.25) is 0 Å². The highest BCUT2D eigenvalue weighted by Crippen LogP contribution is 2.26. The van der Waals surface area contributed by atoms with Crippen LogP contribution >= 0.6 is 11.6 Å². The number of rotatable bonds is 6. The van der Waals surface area contributed by atoms with Gasteiger partial charge in [-0.1, -0.05) is 44.0 Å². The number of hydrogen-bond donors (Lipinski definition) is 1. The molecule has 0 spiro atoms. The first-order valence-electron chi connectivity index (χ1n) is 7.32. The number of halogens is 1. The van der Waals surface area contributed by atoms with Crippen LogP contribution < -0.4 is 5.32 Å². The SMILES string of the molecule is CCC(C)CC(CNC(C)(C)C)c1ccc(Cl)cc1. The zero-order chi connectivity index (χ0) is 14.5. The molecule has 1 nitrogen and oxygen atoms in total. The summed E-state index contributed by atoms with van der Waals surface area (Å²) in [5, 5.41) is 4.45. The van der Waals surface area contributed by atoms with Crippen LogP contribution in [0.3, 0.4) is 0 Å². The molecule has 1 N–H and O–H groups in total. The van der Waals surface area contributed by atoms with E-state index in [0.717, 1.165) is 17.5 Å². The minimum atomic E-state index is 0.167. The molecule has 0 bridgehead atoms. The Kier molecular flexibility index (Phi) is 6.35. The second kappa shape index (κ2) is 7.31. The maximum absolute atomic E-state index is 5.98. The van der Waals surface area contributed by atoms with Crippen LogP contribution in [0.2, 0.25) is 5.02 Å². The third-order valence-corrected chi connectivity index (χ3v) is 3.86. The van der Waals surface area contributed by atoms with Crippen LogP contribution in [0.15, 0.2) is 24.3 Å². The largest absolute Gasteiger partial charge is 0.311 e. The molecule has 2 heteroatoms. The van der Waals surface area contributed by atoms with Crippen LogP contribution in [0.1, 0.15) is 58.9 Å². The Hall–Kier alpha value is -0.530. The molecule has 2 unspecified atom stereocenters. The summed E-state index contributed by atoms with van der Waals surface area (Å²) in [6, 6.07) is 8.33. The van der Waals surface area contributed by atoms with E-state index < -0.39 is 0 Å². The number of nitrogens with one attached hydrogen (secondary N) is 1. The Morgan fingerprint density at radius 1 is 1.16 bits per heavy atom. The number of hydrogen-bond acceptors (Lipinski definition) is 1. The molecule has 1 aromatic carbocycles. The highest BCUT2D eigenvalue weighted by Gasteiger charge is 2.17. The summed E-state index contributed by atoms with van der Waals surface area (Å²) in [6.45, 7) is 12.3. The first-order valence-corrected chi connectivity index (χ1v) is 7.70. The third kappa shape index (κ3) is 6.44. The van der Waals surface area contributed by atoms with E-state index in [1.807, 2.05) is 12.1 Å². The predicted molar refractivity (Wildman–Crippen MR) is 86.0 cm³/mol. The molecule has 0 saturated carbocycles. The van der Waals surface area contributed by atoms with E-state index in [-0.39, 0.29) is 5.54 Å². The van der Waals surface area contributed by atoms with Crippen LogP contribution in [-0.2, 0) is 0 Å². The van der Waals surface area contributed by atoms with E-state index in [9.17, 15) is 0 Å². The van der Waals surface area contributed by atoms with Crippen molar-refractivity contribution in [2.75, 3.05) is 6.54 Å². The normalized spacial score (nSPS) is 15.3. The fourth-order valence-corrected chi connectivity index (χ4v) is 2.28. The van der Waals surface area contributed by atoms with Crippen molar-refractivity contribution in [3.8, 4) is 0 Å². The van der Waals surface area contributed by atoms with Crippen LogP contribution in [0, 0.1) is 5.92 Å². The maximum atomic E-state index is 5.98. The van der Waals surface area contributed by atoms with E-state index in [4.69, 9.17) is 11.6 Å². The van der Waals surface area contributed by atoms with Crippen molar-refractivity contribution in [2.24, 2.45) is 5.92 Å². The fourth-order valence-electron chi connectivity index (χ4n) is 2.15. The van der Waals surface area contributed by atoms with E-state index in [0.29, 0.717) is 5.92 Å². The summed E-state index contributed by atoms with van der Waals surface area (Å²) in [7, 11) is 0. The lowest BCUT2D eigenvalue weighted by molar-refractivity contribution is 0.372. The van der Waals surface area contributed by atoms with Crippen molar-refractivity contribution in [2.45, 2.75) is 58.9 Å². The smallest absolute Gasteiger partial charge is 0.0406 e. The minimum absolute atomic E-state index is 0.167. The second-order valence-corrected chi connectivity index (χ2v) is 7.06. The zero-order valence-electron chi connectivity index (χ0n) is 13.0. The van der Waals surface area contributed by atoms with Crippen molar-refractivity contribution < 1.29 is 0 Å². The van der Waals surface area contributed by atoms with Crippen molar-refractivity contribution in [3.05, 3.63) is 34.9 Å². The summed E-state index contributed by atoms with van der Waals surface area (Å²) >= 11 is 5.98. The van der Waals surface area contributed by atoms with E-state index in [2.05, 4.69) is 52.1 Å². The molecule has 0 aliphatic carbocycles. The highest BCUT2D eigenvalue weighted by atomic mass is 35.5. The van der Waals surface area contributed by atoms with Gasteiger partial charge in [-0.05, 0) is 56.7 Å². The van der Waals surface area contributed by atoms with Gasteiger partial charge in [-0.25, -0.2) is 0 Å². The molecule has 0 aliphatic heterocycles. The van der Waals surface area contributed by atoms with Crippen molar-refractivity contribution in [1.82, 2.24) is 5.32 Å². The van der Waals surface area contributed by atoms with Gasteiger partial charge in [0.25, 0.3) is 0 Å². The van der Waals surface area contributed by atoms with Crippen molar-refractivity contribution >= 4 is 11.6 Å². The van der Waals surface area contributed by atoms with Crippen LogP contribution in [0.4, 0.5) is 0 Å². The first kappa shape index (κ1) is 16.5. The van der Waals surface area contributed by atoms with Gasteiger partial charge in [0.15, 0.2) is 0 Å². The van der Waals surface area contributed by atoms with Crippen LogP contribution in [-0.4, -0.2) is 12.1 Å². The van der Waals surface area contributed by atoms with Crippen LogP contribution in [0.25, 0.3) is 0 Å². The molecule has 0 amide bonds. The molecular formula is C17H28ClN. The lowest BCUT2D eigenvalue weighted by Gasteiger charge is -2.27. The summed E-state index contributed by atoms with van der Waals surface area (Å²) in [4.78, 5) is 0. The first-order chi connectivity index (χ1) is 8.81. The lowest BCUT2D eigenvalue weighted by atomic mass is 9.88. The van der Waals surface area contributed by atoms with Crippen LogP contribution in [0.5, 0.6) is 0 Å². The number of benzene rings is 1. The Morgan fingerprint density at radius 3 is 2.21 bits per heavy atom. The summed E-state index contributed by atoms with van der Waals surface area (Å²) in [5.74, 6) is 1.31. The van der Waals surface area contributed by atoms with Gasteiger partial charge in [-0.3, -0.25) is 0 Å². The molecule has 0 heterocycles. The molecule has 19 heavy (non-hydrogen) atoms. The minimum Gasteiger partial charge on any atom is -0.311 e. The third-order valence-electron chi connectivity index (χ3n) is 3.60. The molecule has 1 rings (SSSR count). The Balaban J connectivity index is 2.76. The van der Waals surface area contributed by atoms with Gasteiger partial charge in [-0.15, -0.1) is 0 Å². The molecule has 2 atom stereocenters. The molecule has 0 radical (unpaired) electrons. The van der Waals surface area contributed by atoms with Gasteiger partial charge < -0.3 is 5.32 Å². The summed E-state index contributed by atoms with van der Waals surface area (Å²) in [5.41, 5.74) is 1.56. The molecule has 108 valence electrons. The van der Waals surface area contributed by atoms with Gasteiger partial charge in [-0.2, -0.15) is 0 Å². The zero-order valence-corrected chi connectivity index (χ0v) is 13.7. The lowest BCUT2D eigenvalue weighted by Crippen LogP contribution is -2.38. The van der Waals surface area contributed by atoms with Gasteiger partial charge in [0.1, 0.15) is 0 Å². The van der Waals surface area contributed by atoms with Crippen molar-refractivity contribution in [1.29, 1.82) is 0 Å². The monoisotopic (exact) mass is 281 g/mol. The second-order valence-electron chi connectivity index (χ2n) is 6.63. The fraction of sp³-hybridized carbons (Fsp3) is 0.647. The predicted octanol–water partition coefficient (Wildman–Crippen LogP) is 5.25. The molecular weight excluding hydrogens is 254 g/mol. The van der Waals surface area contributed by atoms with Gasteiger partial charge in [0, 0.05) is 17.1 Å². The Labute approximate surface area is 123 Å². The molecule has 0 aliphatic rings. The van der Waals surface area contributed by atoms with Crippen molar-refractivity contribution in [3.63, 3.8) is 0 Å². The summed E-state index contributed by atoms with van der Waals surface area (Å²) < 4.78 is 0. The Morgan fingerprint density at radius 2 is 1.74 bits per heavy atom. The highest BCUT2D eigenvalue weighted by molar-refractivity contribution is 6.30. The van der Waals surface area contributed by atoms with E-state index in [1.54, 1.807) is 0 Å². The average Bonchev–Trinajstić information content (AvgIpc) is 2.34. The molecule has 0 aromatic heterocycles. The molecule has 0 fully saturated rings. The average molecular weight is 282 g/mol. The van der Waals surface area contributed by atoms with Gasteiger partial charge >= 0.3 is 0 Å². The van der Waals surface area contributed by atoms with E-state index in [1.165, 1.54) is 18.4 Å². The molecule has 1 aromatic rings. The van der Waals surface area contributed by atoms with E-state index >= 15 is 0 Å². The summed E-state index contributed by atoms with van der Waals surface area (Å²) in [6.07, 6.45) is 2.46. The topological polar surface area (TPSA) is 12.0 Å².